The van der Waals surface area contributed by atoms with E-state index in [1.54, 1.807) is 5.57 Å². The Hall–Kier alpha value is -0.890. The average molecular weight is 437 g/mol. The van der Waals surface area contributed by atoms with Gasteiger partial charge in [-0.1, -0.05) is 44.6 Å². The molecule has 2 nitrogen and oxygen atoms in total. The van der Waals surface area contributed by atoms with Crippen molar-refractivity contribution < 1.29 is 0 Å². The summed E-state index contributed by atoms with van der Waals surface area (Å²) in [7, 11) is 0. The number of hydrogen-bond acceptors (Lipinski definition) is 2. The highest BCUT2D eigenvalue weighted by molar-refractivity contribution is 5.85. The van der Waals surface area contributed by atoms with E-state index in [2.05, 4.69) is 45.7 Å². The zero-order chi connectivity index (χ0) is 22.5. The molecular formula is C30H48N2. The highest BCUT2D eigenvalue weighted by Crippen LogP contribution is 2.67. The van der Waals surface area contributed by atoms with Crippen LogP contribution in [0.15, 0.2) is 28.8 Å². The summed E-state index contributed by atoms with van der Waals surface area (Å²) in [6.45, 7) is 16.6. The van der Waals surface area contributed by atoms with Crippen LogP contribution in [0.25, 0.3) is 0 Å². The Balaban J connectivity index is 1.24. The van der Waals surface area contributed by atoms with Gasteiger partial charge in [0.25, 0.3) is 0 Å². The van der Waals surface area contributed by atoms with E-state index >= 15 is 0 Å². The van der Waals surface area contributed by atoms with Crippen LogP contribution in [0.5, 0.6) is 0 Å². The highest BCUT2D eigenvalue weighted by atomic mass is 14.9. The molecule has 0 spiro atoms. The lowest BCUT2D eigenvalue weighted by Crippen LogP contribution is -2.50. The van der Waals surface area contributed by atoms with E-state index in [4.69, 9.17) is 4.99 Å². The van der Waals surface area contributed by atoms with Gasteiger partial charge in [-0.05, 0) is 119 Å². The predicted octanol–water partition coefficient (Wildman–Crippen LogP) is 7.36. The monoisotopic (exact) mass is 436 g/mol. The molecule has 4 fully saturated rings. The normalized spacial score (nSPS) is 46.4. The molecule has 178 valence electrons. The largest absolute Gasteiger partial charge is 0.314 e. The standard InChI is InChI=1S/C30H48N2/c1-20-12-14-29(4)23(17-20)8-9-25-27-11-10-26(30(27,5)15-13-28(25)29)22(3)31-16-6-7-24-18-21(2)19-32-24/h17,21,24-28,32H,1,6-16,18-19H2,2-5H3. The van der Waals surface area contributed by atoms with E-state index in [1.807, 2.05) is 0 Å². The Morgan fingerprint density at radius 2 is 1.97 bits per heavy atom. The first-order valence-electron chi connectivity index (χ1n) is 13.9. The molecule has 1 saturated heterocycles. The van der Waals surface area contributed by atoms with Gasteiger partial charge in [-0.2, -0.15) is 0 Å². The second kappa shape index (κ2) is 8.71. The van der Waals surface area contributed by atoms with Gasteiger partial charge < -0.3 is 5.32 Å². The van der Waals surface area contributed by atoms with Crippen molar-refractivity contribution in [2.75, 3.05) is 13.1 Å². The van der Waals surface area contributed by atoms with Gasteiger partial charge in [0.15, 0.2) is 0 Å². The smallest absolute Gasteiger partial charge is 0.0389 e. The van der Waals surface area contributed by atoms with Gasteiger partial charge in [0, 0.05) is 24.2 Å². The minimum Gasteiger partial charge on any atom is -0.314 e. The zero-order valence-corrected chi connectivity index (χ0v) is 21.4. The van der Waals surface area contributed by atoms with Crippen LogP contribution in [0, 0.1) is 40.4 Å². The third-order valence-corrected chi connectivity index (χ3v) is 11.1. The molecule has 32 heavy (non-hydrogen) atoms. The van der Waals surface area contributed by atoms with Gasteiger partial charge in [-0.15, -0.1) is 0 Å². The third-order valence-electron chi connectivity index (χ3n) is 11.1. The number of allylic oxidation sites excluding steroid dienone is 3. The predicted molar refractivity (Wildman–Crippen MR) is 137 cm³/mol. The van der Waals surface area contributed by atoms with Crippen LogP contribution in [0.3, 0.4) is 0 Å². The van der Waals surface area contributed by atoms with Gasteiger partial charge in [-0.25, -0.2) is 0 Å². The molecule has 0 bridgehead atoms. The van der Waals surface area contributed by atoms with Crippen molar-refractivity contribution in [1.82, 2.24) is 5.32 Å². The minimum absolute atomic E-state index is 0.457. The maximum absolute atomic E-state index is 5.18. The Kier molecular flexibility index (Phi) is 6.23. The van der Waals surface area contributed by atoms with Gasteiger partial charge in [0.1, 0.15) is 0 Å². The number of nitrogens with one attached hydrogen (secondary N) is 1. The second-order valence-electron chi connectivity index (χ2n) is 12.9. The summed E-state index contributed by atoms with van der Waals surface area (Å²) >= 11 is 0. The molecule has 0 aromatic carbocycles. The molecular weight excluding hydrogens is 388 g/mol. The lowest BCUT2D eigenvalue weighted by molar-refractivity contribution is -0.0417. The van der Waals surface area contributed by atoms with Crippen molar-refractivity contribution in [3.63, 3.8) is 0 Å². The van der Waals surface area contributed by atoms with Gasteiger partial charge >= 0.3 is 0 Å². The highest BCUT2D eigenvalue weighted by Gasteiger charge is 2.59. The van der Waals surface area contributed by atoms with Crippen molar-refractivity contribution >= 4 is 5.71 Å². The topological polar surface area (TPSA) is 24.4 Å². The Labute approximate surface area is 197 Å². The van der Waals surface area contributed by atoms with Crippen LogP contribution >= 0.6 is 0 Å². The zero-order valence-electron chi connectivity index (χ0n) is 21.4. The van der Waals surface area contributed by atoms with E-state index in [0.717, 1.165) is 42.2 Å². The molecule has 1 aliphatic heterocycles. The summed E-state index contributed by atoms with van der Waals surface area (Å²) < 4.78 is 0. The van der Waals surface area contributed by atoms with E-state index in [-0.39, 0.29) is 0 Å². The summed E-state index contributed by atoms with van der Waals surface area (Å²) in [6, 6.07) is 0.743. The molecule has 0 aromatic heterocycles. The third kappa shape index (κ3) is 3.87. The Morgan fingerprint density at radius 3 is 2.75 bits per heavy atom. The molecule has 0 radical (unpaired) electrons. The molecule has 0 amide bonds. The number of hydrogen-bond donors (Lipinski definition) is 1. The Bertz CT molecular complexity index is 793. The van der Waals surface area contributed by atoms with Crippen LogP contribution < -0.4 is 5.32 Å². The Morgan fingerprint density at radius 1 is 1.12 bits per heavy atom. The fourth-order valence-electron chi connectivity index (χ4n) is 9.28. The van der Waals surface area contributed by atoms with E-state index in [0.29, 0.717) is 10.8 Å². The summed E-state index contributed by atoms with van der Waals surface area (Å²) in [4.78, 5) is 5.18. The molecule has 8 atom stereocenters. The molecule has 8 unspecified atom stereocenters. The number of aliphatic imine (C=N–C) groups is 1. The van der Waals surface area contributed by atoms with Crippen molar-refractivity contribution in [3.05, 3.63) is 23.8 Å². The maximum Gasteiger partial charge on any atom is 0.0389 e. The molecule has 1 N–H and O–H groups in total. The van der Waals surface area contributed by atoms with Crippen LogP contribution in [0.2, 0.25) is 0 Å². The molecule has 0 aromatic rings. The number of nitrogens with zero attached hydrogens (tertiary/aromatic N) is 1. The molecule has 3 saturated carbocycles. The van der Waals surface area contributed by atoms with Gasteiger partial charge in [0.2, 0.25) is 0 Å². The van der Waals surface area contributed by atoms with Crippen LogP contribution in [0.1, 0.15) is 98.3 Å². The van der Waals surface area contributed by atoms with Crippen LogP contribution in [0.4, 0.5) is 0 Å². The maximum atomic E-state index is 5.18. The second-order valence-corrected chi connectivity index (χ2v) is 12.9. The lowest BCUT2D eigenvalue weighted by Gasteiger charge is -2.58. The first kappa shape index (κ1) is 22.9. The first-order valence-corrected chi connectivity index (χ1v) is 13.9. The lowest BCUT2D eigenvalue weighted by atomic mass is 9.46. The SMILES string of the molecule is C=C1C=C2CCC3C(CCC4(C)C(C(C)=NCCCC5CC(C)CN5)CCC34)C2(C)CC1. The van der Waals surface area contributed by atoms with E-state index in [9.17, 15) is 0 Å². The van der Waals surface area contributed by atoms with Crippen LogP contribution in [-0.2, 0) is 0 Å². The van der Waals surface area contributed by atoms with E-state index in [1.165, 1.54) is 88.5 Å². The van der Waals surface area contributed by atoms with Crippen molar-refractivity contribution in [2.24, 2.45) is 45.4 Å². The van der Waals surface area contributed by atoms with Gasteiger partial charge in [-0.3, -0.25) is 4.99 Å². The fraction of sp³-hybridized carbons (Fsp3) is 0.833. The molecule has 5 rings (SSSR count). The van der Waals surface area contributed by atoms with Crippen molar-refractivity contribution in [1.29, 1.82) is 0 Å². The summed E-state index contributed by atoms with van der Waals surface area (Å²) in [5, 5.41) is 3.69. The summed E-state index contributed by atoms with van der Waals surface area (Å²) in [5.41, 5.74) is 5.56. The molecule has 4 aliphatic carbocycles. The van der Waals surface area contributed by atoms with Gasteiger partial charge in [0.05, 0.1) is 0 Å². The summed E-state index contributed by atoms with van der Waals surface area (Å²) in [6.07, 6.45) is 17.4. The number of fused-ring (bicyclic) bond motifs is 5. The fourth-order valence-corrected chi connectivity index (χ4v) is 9.28. The van der Waals surface area contributed by atoms with Crippen molar-refractivity contribution in [2.45, 2.75) is 104 Å². The summed E-state index contributed by atoms with van der Waals surface area (Å²) in [5.74, 6) is 4.36. The molecule has 1 heterocycles. The molecule has 2 heteroatoms. The van der Waals surface area contributed by atoms with Crippen LogP contribution in [-0.4, -0.2) is 24.8 Å². The average Bonchev–Trinajstić information content (AvgIpc) is 3.34. The molecule has 5 aliphatic rings. The van der Waals surface area contributed by atoms with E-state index < -0.39 is 0 Å². The first-order chi connectivity index (χ1) is 15.3. The van der Waals surface area contributed by atoms with Crippen molar-refractivity contribution in [3.8, 4) is 0 Å². The minimum atomic E-state index is 0.457. The quantitative estimate of drug-likeness (QED) is 0.353. The number of rotatable bonds is 5.